The van der Waals surface area contributed by atoms with Crippen molar-refractivity contribution in [3.63, 3.8) is 0 Å². The molecule has 0 spiro atoms. The molecule has 36 heavy (non-hydrogen) atoms. The number of hydrogen-bond donors (Lipinski definition) is 5. The second kappa shape index (κ2) is 11.6. The van der Waals surface area contributed by atoms with Gasteiger partial charge in [-0.15, -0.1) is 23.4 Å². The van der Waals surface area contributed by atoms with Gasteiger partial charge in [-0.2, -0.15) is 0 Å². The van der Waals surface area contributed by atoms with Gasteiger partial charge in [-0.25, -0.2) is 0 Å². The predicted octanol–water partition coefficient (Wildman–Crippen LogP) is -0.976. The van der Waals surface area contributed by atoms with E-state index in [-0.39, 0.29) is 58.0 Å². The van der Waals surface area contributed by atoms with Gasteiger partial charge in [0.05, 0.1) is 17.5 Å². The highest BCUT2D eigenvalue weighted by molar-refractivity contribution is 8.00. The first-order valence-corrected chi connectivity index (χ1v) is 14.3. The van der Waals surface area contributed by atoms with Crippen LogP contribution in [0.5, 0.6) is 0 Å². The topological polar surface area (TPSA) is 125 Å². The van der Waals surface area contributed by atoms with Gasteiger partial charge in [-0.3, -0.25) is 25.5 Å². The van der Waals surface area contributed by atoms with Crippen molar-refractivity contribution >= 4 is 35.2 Å². The quantitative estimate of drug-likeness (QED) is 0.210. The number of alkyl halides is 1. The molecule has 13 heteroatoms. The largest absolute Gasteiger partial charge is 0.380 e. The fourth-order valence-electron chi connectivity index (χ4n) is 6.35. The Labute approximate surface area is 221 Å². The number of hydrogen-bond acceptors (Lipinski definition) is 10. The van der Waals surface area contributed by atoms with E-state index in [1.54, 1.807) is 26.0 Å². The van der Waals surface area contributed by atoms with Gasteiger partial charge in [0.1, 0.15) is 5.50 Å². The van der Waals surface area contributed by atoms with Gasteiger partial charge in [0, 0.05) is 64.3 Å². The molecular weight excluding hydrogens is 508 g/mol. The smallest absolute Gasteiger partial charge is 0.267 e. The Kier molecular flexibility index (Phi) is 8.65. The molecule has 5 fully saturated rings. The SMILES string of the molecule is COC1CNC(C(=O)N2CC3NC(NC(=O)C4CNC(C)CC4C4CC(Cl)NCC4OC)SC3C2)O1. The second-order valence-corrected chi connectivity index (χ2v) is 12.4. The van der Waals surface area contributed by atoms with Crippen LogP contribution in [0.15, 0.2) is 0 Å². The predicted molar refractivity (Wildman–Crippen MR) is 136 cm³/mol. The summed E-state index contributed by atoms with van der Waals surface area (Å²) < 4.78 is 16.6. The molecule has 0 bridgehead atoms. The Morgan fingerprint density at radius 3 is 2.61 bits per heavy atom. The number of carbonyl (C=O) groups is 2. The molecule has 11 unspecified atom stereocenters. The summed E-state index contributed by atoms with van der Waals surface area (Å²) in [6, 6.07) is 0.475. The molecule has 204 valence electrons. The van der Waals surface area contributed by atoms with Crippen molar-refractivity contribution in [2.45, 2.75) is 66.7 Å². The summed E-state index contributed by atoms with van der Waals surface area (Å²) in [6.45, 7) is 5.24. The monoisotopic (exact) mass is 546 g/mol. The van der Waals surface area contributed by atoms with E-state index >= 15 is 0 Å². The molecule has 0 aliphatic carbocycles. The van der Waals surface area contributed by atoms with E-state index in [0.29, 0.717) is 38.8 Å². The Balaban J connectivity index is 1.15. The number of fused-ring (bicyclic) bond motifs is 1. The zero-order valence-electron chi connectivity index (χ0n) is 21.1. The van der Waals surface area contributed by atoms with Crippen LogP contribution in [-0.2, 0) is 23.8 Å². The van der Waals surface area contributed by atoms with Gasteiger partial charge < -0.3 is 29.7 Å². The molecule has 0 aromatic rings. The maximum absolute atomic E-state index is 13.5. The number of carbonyl (C=O) groups excluding carboxylic acids is 2. The summed E-state index contributed by atoms with van der Waals surface area (Å²) in [5, 5.41) is 16.8. The van der Waals surface area contributed by atoms with Crippen molar-refractivity contribution in [3.05, 3.63) is 0 Å². The molecule has 0 saturated carbocycles. The summed E-state index contributed by atoms with van der Waals surface area (Å²) in [5.41, 5.74) is -0.270. The highest BCUT2D eigenvalue weighted by atomic mass is 35.5. The van der Waals surface area contributed by atoms with Crippen LogP contribution >= 0.6 is 23.4 Å². The van der Waals surface area contributed by atoms with Gasteiger partial charge in [0.25, 0.3) is 5.91 Å². The summed E-state index contributed by atoms with van der Waals surface area (Å²) in [4.78, 5) is 28.2. The number of piperidine rings is 2. The molecule has 5 heterocycles. The van der Waals surface area contributed by atoms with E-state index in [9.17, 15) is 9.59 Å². The molecule has 0 aromatic carbocycles. The van der Waals surface area contributed by atoms with E-state index in [2.05, 4.69) is 33.5 Å². The van der Waals surface area contributed by atoms with Crippen LogP contribution in [0.4, 0.5) is 0 Å². The molecule has 5 aliphatic rings. The Bertz CT molecular complexity index is 801. The highest BCUT2D eigenvalue weighted by Gasteiger charge is 2.48. The van der Waals surface area contributed by atoms with Gasteiger partial charge in [-0.1, -0.05) is 0 Å². The first-order chi connectivity index (χ1) is 17.4. The van der Waals surface area contributed by atoms with Crippen LogP contribution in [-0.4, -0.2) is 111 Å². The number of nitrogens with one attached hydrogen (secondary N) is 5. The van der Waals surface area contributed by atoms with Crippen LogP contribution < -0.4 is 26.6 Å². The van der Waals surface area contributed by atoms with Crippen molar-refractivity contribution in [2.75, 3.05) is 46.9 Å². The van der Waals surface area contributed by atoms with E-state index in [1.807, 2.05) is 4.90 Å². The zero-order valence-corrected chi connectivity index (χ0v) is 22.6. The molecular formula is C23H39ClN6O5S. The zero-order chi connectivity index (χ0) is 25.4. The summed E-state index contributed by atoms with van der Waals surface area (Å²) in [5.74, 6) is 0.274. The summed E-state index contributed by atoms with van der Waals surface area (Å²) in [7, 11) is 3.31. The van der Waals surface area contributed by atoms with Crippen LogP contribution in [0, 0.1) is 17.8 Å². The third kappa shape index (κ3) is 5.67. The lowest BCUT2D eigenvalue weighted by Gasteiger charge is -2.45. The first-order valence-electron chi connectivity index (χ1n) is 12.9. The Morgan fingerprint density at radius 2 is 1.89 bits per heavy atom. The maximum atomic E-state index is 13.5. The molecule has 0 radical (unpaired) electrons. The lowest BCUT2D eigenvalue weighted by molar-refractivity contribution is -0.156. The molecule has 0 aromatic heterocycles. The van der Waals surface area contributed by atoms with Crippen LogP contribution in [0.1, 0.15) is 19.8 Å². The lowest BCUT2D eigenvalue weighted by atomic mass is 9.70. The van der Waals surface area contributed by atoms with Crippen molar-refractivity contribution in [1.29, 1.82) is 0 Å². The van der Waals surface area contributed by atoms with E-state index in [4.69, 9.17) is 25.8 Å². The normalized spacial score (nSPS) is 45.0. The van der Waals surface area contributed by atoms with Gasteiger partial charge in [0.2, 0.25) is 5.91 Å². The lowest BCUT2D eigenvalue weighted by Crippen LogP contribution is -2.57. The average molecular weight is 547 g/mol. The maximum Gasteiger partial charge on any atom is 0.267 e. The number of ether oxygens (including phenoxy) is 3. The minimum absolute atomic E-state index is 0.0463. The second-order valence-electron chi connectivity index (χ2n) is 10.5. The number of nitrogens with zero attached hydrogens (tertiary/aromatic N) is 1. The third-order valence-corrected chi connectivity index (χ3v) is 9.97. The number of likely N-dealkylation sites (tertiary alicyclic amines) is 1. The third-order valence-electron chi connectivity index (χ3n) is 8.29. The molecule has 5 rings (SSSR count). The van der Waals surface area contributed by atoms with Gasteiger partial charge >= 0.3 is 0 Å². The van der Waals surface area contributed by atoms with Gasteiger partial charge in [-0.05, 0) is 31.6 Å². The minimum Gasteiger partial charge on any atom is -0.380 e. The van der Waals surface area contributed by atoms with Crippen LogP contribution in [0.2, 0.25) is 0 Å². The number of thioether (sulfide) groups is 1. The van der Waals surface area contributed by atoms with Crippen molar-refractivity contribution in [2.24, 2.45) is 17.8 Å². The summed E-state index contributed by atoms with van der Waals surface area (Å²) >= 11 is 8.14. The molecule has 5 saturated heterocycles. The minimum atomic E-state index is -0.661. The molecule has 5 N–H and O–H groups in total. The number of amides is 2. The fraction of sp³-hybridized carbons (Fsp3) is 0.913. The number of halogens is 1. The Morgan fingerprint density at radius 1 is 1.06 bits per heavy atom. The van der Waals surface area contributed by atoms with Crippen LogP contribution in [0.3, 0.4) is 0 Å². The van der Waals surface area contributed by atoms with Crippen molar-refractivity contribution < 1.29 is 23.8 Å². The molecule has 11 atom stereocenters. The van der Waals surface area contributed by atoms with Crippen molar-refractivity contribution in [3.8, 4) is 0 Å². The van der Waals surface area contributed by atoms with E-state index in [0.717, 1.165) is 12.8 Å². The van der Waals surface area contributed by atoms with Crippen molar-refractivity contribution in [1.82, 2.24) is 31.5 Å². The standard InChI is InChI=1S/C23H39ClN6O5S/c1-11-4-12(13-5-18(24)26-7-16(13)33-2)14(6-25-11)20(31)29-23-28-15-9-30(10-17(15)36-23)22(32)21-27-8-19(34-3)35-21/h11-19,21,23,25-28H,4-10H2,1-3H3,(H,29,31). The first kappa shape index (κ1) is 26.9. The van der Waals surface area contributed by atoms with E-state index < -0.39 is 12.5 Å². The average Bonchev–Trinajstić information content (AvgIpc) is 3.58. The molecule has 5 aliphatic heterocycles. The van der Waals surface area contributed by atoms with Crippen LogP contribution in [0.25, 0.3) is 0 Å². The molecule has 11 nitrogen and oxygen atoms in total. The summed E-state index contributed by atoms with van der Waals surface area (Å²) in [6.07, 6.45) is 0.696. The fourth-order valence-corrected chi connectivity index (χ4v) is 8.05. The van der Waals surface area contributed by atoms with E-state index in [1.165, 1.54) is 0 Å². The number of methoxy groups -OCH3 is 2. The number of rotatable bonds is 6. The Hall–Kier alpha value is -0.700. The highest BCUT2D eigenvalue weighted by Crippen LogP contribution is 2.38. The van der Waals surface area contributed by atoms with Gasteiger partial charge in [0.15, 0.2) is 12.5 Å². The molecule has 2 amide bonds.